The number of carbonyl (C=O) groups is 2. The Kier molecular flexibility index (Phi) is 6.79. The first-order valence-electron chi connectivity index (χ1n) is 9.54. The number of fused-ring (bicyclic) bond motifs is 1. The molecule has 0 spiro atoms. The molecule has 3 fully saturated rings. The zero-order valence-electron chi connectivity index (χ0n) is 15.8. The lowest BCUT2D eigenvalue weighted by Crippen LogP contribution is -2.58. The van der Waals surface area contributed by atoms with Crippen LogP contribution in [0.25, 0.3) is 0 Å². The van der Waals surface area contributed by atoms with E-state index in [9.17, 15) is 18.0 Å². The van der Waals surface area contributed by atoms with Crippen LogP contribution in [-0.4, -0.2) is 64.9 Å². The number of carboxylic acid groups (broad SMARTS) is 1. The molecule has 2 atom stereocenters. The second kappa shape index (κ2) is 8.97. The predicted molar refractivity (Wildman–Crippen MR) is 98.3 cm³/mol. The zero-order chi connectivity index (χ0) is 21.1. The van der Waals surface area contributed by atoms with E-state index in [0.717, 1.165) is 50.3 Å². The van der Waals surface area contributed by atoms with E-state index in [0.29, 0.717) is 12.6 Å². The van der Waals surface area contributed by atoms with E-state index in [1.54, 1.807) is 11.3 Å². The van der Waals surface area contributed by atoms with Gasteiger partial charge in [0.1, 0.15) is 5.01 Å². The van der Waals surface area contributed by atoms with Crippen LogP contribution in [0.3, 0.4) is 0 Å². The molecule has 7 nitrogen and oxygen atoms in total. The number of hydrogen-bond donors (Lipinski definition) is 2. The lowest BCUT2D eigenvalue weighted by atomic mass is 9.75. The molecule has 3 aliphatic rings. The van der Waals surface area contributed by atoms with Gasteiger partial charge in [0, 0.05) is 37.3 Å². The molecule has 2 N–H and O–H groups in total. The van der Waals surface area contributed by atoms with Gasteiger partial charge in [-0.1, -0.05) is 0 Å². The molecule has 1 amide bonds. The van der Waals surface area contributed by atoms with Gasteiger partial charge < -0.3 is 15.2 Å². The molecule has 1 aromatic heterocycles. The molecule has 162 valence electrons. The van der Waals surface area contributed by atoms with Crippen LogP contribution in [0.4, 0.5) is 13.2 Å². The van der Waals surface area contributed by atoms with Crippen LogP contribution >= 0.6 is 11.3 Å². The van der Waals surface area contributed by atoms with E-state index in [-0.39, 0.29) is 17.4 Å². The summed E-state index contributed by atoms with van der Waals surface area (Å²) < 4.78 is 37.6. The summed E-state index contributed by atoms with van der Waals surface area (Å²) in [7, 11) is 0. The zero-order valence-corrected chi connectivity index (χ0v) is 16.6. The molecular formula is C18H24F3N3O4S. The molecule has 0 aromatic carbocycles. The molecule has 0 unspecified atom stereocenters. The van der Waals surface area contributed by atoms with Crippen molar-refractivity contribution in [3.8, 4) is 0 Å². The largest absolute Gasteiger partial charge is 0.490 e. The van der Waals surface area contributed by atoms with Crippen molar-refractivity contribution in [2.45, 2.75) is 57.0 Å². The van der Waals surface area contributed by atoms with Crippen LogP contribution in [0.2, 0.25) is 0 Å². The number of thiazole rings is 1. The Labute approximate surface area is 170 Å². The Morgan fingerprint density at radius 2 is 2.10 bits per heavy atom. The first-order chi connectivity index (χ1) is 13.7. The first-order valence-corrected chi connectivity index (χ1v) is 10.4. The number of halogens is 3. The summed E-state index contributed by atoms with van der Waals surface area (Å²) in [6.45, 7) is 3.36. The molecule has 1 saturated carbocycles. The van der Waals surface area contributed by atoms with E-state index >= 15 is 0 Å². The van der Waals surface area contributed by atoms with Crippen molar-refractivity contribution >= 4 is 23.2 Å². The van der Waals surface area contributed by atoms with Crippen molar-refractivity contribution in [3.05, 3.63) is 16.6 Å². The van der Waals surface area contributed by atoms with E-state index in [2.05, 4.69) is 15.2 Å². The minimum Gasteiger partial charge on any atom is -0.475 e. The smallest absolute Gasteiger partial charge is 0.475 e. The fourth-order valence-corrected chi connectivity index (χ4v) is 4.55. The quantitative estimate of drug-likeness (QED) is 0.755. The van der Waals surface area contributed by atoms with E-state index in [1.165, 1.54) is 6.42 Å². The number of amides is 1. The number of nitrogens with zero attached hydrogens (tertiary/aromatic N) is 2. The number of ether oxygens (including phenoxy) is 1. The van der Waals surface area contributed by atoms with Gasteiger partial charge in [0.25, 0.3) is 0 Å². The molecule has 0 radical (unpaired) electrons. The number of aromatic nitrogens is 1. The molecule has 2 saturated heterocycles. The van der Waals surface area contributed by atoms with Crippen molar-refractivity contribution in [1.82, 2.24) is 15.2 Å². The average molecular weight is 435 g/mol. The monoisotopic (exact) mass is 435 g/mol. The van der Waals surface area contributed by atoms with Crippen LogP contribution in [0.15, 0.2) is 11.6 Å². The van der Waals surface area contributed by atoms with Gasteiger partial charge >= 0.3 is 12.1 Å². The third-order valence-electron chi connectivity index (χ3n) is 5.67. The molecule has 1 aromatic rings. The summed E-state index contributed by atoms with van der Waals surface area (Å²) in [5.74, 6) is -2.53. The minimum absolute atomic E-state index is 0.0973. The molecule has 3 heterocycles. The normalized spacial score (nSPS) is 27.3. The van der Waals surface area contributed by atoms with Crippen molar-refractivity contribution in [1.29, 1.82) is 0 Å². The lowest BCUT2D eigenvalue weighted by molar-refractivity contribution is -0.192. The summed E-state index contributed by atoms with van der Waals surface area (Å²) in [6.07, 6.45) is 2.18. The van der Waals surface area contributed by atoms with Crippen LogP contribution in [0.5, 0.6) is 0 Å². The highest BCUT2D eigenvalue weighted by Gasteiger charge is 2.53. The van der Waals surface area contributed by atoms with Crippen molar-refractivity contribution in [3.63, 3.8) is 0 Å². The molecule has 4 rings (SSSR count). The number of likely N-dealkylation sites (tertiary alicyclic amines) is 1. The molecule has 29 heavy (non-hydrogen) atoms. The maximum absolute atomic E-state index is 12.9. The summed E-state index contributed by atoms with van der Waals surface area (Å²) in [4.78, 5) is 28.6. The van der Waals surface area contributed by atoms with E-state index in [4.69, 9.17) is 14.6 Å². The number of carboxylic acids is 1. The van der Waals surface area contributed by atoms with Crippen molar-refractivity contribution in [2.24, 2.45) is 5.41 Å². The number of aliphatic carboxylic acids is 1. The van der Waals surface area contributed by atoms with Gasteiger partial charge in [-0.15, -0.1) is 11.3 Å². The Morgan fingerprint density at radius 3 is 2.66 bits per heavy atom. The second-order valence-electron chi connectivity index (χ2n) is 7.59. The number of rotatable bonds is 4. The number of piperidine rings is 1. The Bertz CT molecular complexity index is 712. The van der Waals surface area contributed by atoms with Crippen molar-refractivity contribution in [2.75, 3.05) is 19.7 Å². The Hall–Kier alpha value is -1.72. The van der Waals surface area contributed by atoms with Gasteiger partial charge in [0.2, 0.25) is 5.91 Å². The summed E-state index contributed by atoms with van der Waals surface area (Å²) in [5, 5.41) is 13.5. The average Bonchev–Trinajstić information content (AvgIpc) is 3.27. The standard InChI is InChI=1S/C16H23N3O2S.C2HF3O2/c20-15(18-12-2-1-3-12)16-5-8-21-13(16)4-7-19(11-16)10-14-17-6-9-22-14;3-2(4,5)1(6)7/h6,9,12-13H,1-5,7-8,10-11H2,(H,18,20);(H,6,7)/t13-,16-;/m1./s1. The predicted octanol–water partition coefficient (Wildman–Crippen LogP) is 2.43. The SMILES string of the molecule is O=C(NC1CCC1)[C@@]12CCO[C@@H]1CCN(Cc1nccs1)C2.O=C(O)C(F)(F)F. The third-order valence-corrected chi connectivity index (χ3v) is 6.44. The van der Waals surface area contributed by atoms with E-state index < -0.39 is 12.1 Å². The maximum atomic E-state index is 12.9. The minimum atomic E-state index is -5.08. The summed E-state index contributed by atoms with van der Waals surface area (Å²) in [6, 6.07) is 0.400. The second-order valence-corrected chi connectivity index (χ2v) is 8.57. The highest BCUT2D eigenvalue weighted by Crippen LogP contribution is 2.42. The van der Waals surface area contributed by atoms with Crippen LogP contribution in [0.1, 0.15) is 37.1 Å². The first kappa shape index (κ1) is 22.0. The number of nitrogens with one attached hydrogen (secondary N) is 1. The van der Waals surface area contributed by atoms with Gasteiger partial charge in [-0.05, 0) is 32.1 Å². The number of alkyl halides is 3. The maximum Gasteiger partial charge on any atom is 0.490 e. The molecular weight excluding hydrogens is 411 g/mol. The van der Waals surface area contributed by atoms with Gasteiger partial charge in [0.15, 0.2) is 0 Å². The van der Waals surface area contributed by atoms with Crippen LogP contribution in [0, 0.1) is 5.41 Å². The highest BCUT2D eigenvalue weighted by atomic mass is 32.1. The lowest BCUT2D eigenvalue weighted by Gasteiger charge is -2.43. The molecule has 1 aliphatic carbocycles. The topological polar surface area (TPSA) is 91.8 Å². The Morgan fingerprint density at radius 1 is 1.38 bits per heavy atom. The number of carbonyl (C=O) groups excluding carboxylic acids is 1. The van der Waals surface area contributed by atoms with Gasteiger partial charge in [-0.25, -0.2) is 9.78 Å². The molecule has 11 heteroatoms. The van der Waals surface area contributed by atoms with Gasteiger partial charge in [-0.2, -0.15) is 13.2 Å². The van der Waals surface area contributed by atoms with Gasteiger partial charge in [-0.3, -0.25) is 9.69 Å². The van der Waals surface area contributed by atoms with Crippen molar-refractivity contribution < 1.29 is 32.6 Å². The van der Waals surface area contributed by atoms with Gasteiger partial charge in [0.05, 0.1) is 18.1 Å². The third kappa shape index (κ3) is 5.26. The van der Waals surface area contributed by atoms with E-state index in [1.807, 2.05) is 11.6 Å². The molecule has 0 bridgehead atoms. The number of hydrogen-bond acceptors (Lipinski definition) is 6. The van der Waals surface area contributed by atoms with Crippen LogP contribution < -0.4 is 5.32 Å². The molecule has 2 aliphatic heterocycles. The Balaban J connectivity index is 0.000000298. The highest BCUT2D eigenvalue weighted by molar-refractivity contribution is 7.09. The van der Waals surface area contributed by atoms with Crippen LogP contribution in [-0.2, 0) is 20.9 Å². The summed E-state index contributed by atoms with van der Waals surface area (Å²) in [5.41, 5.74) is -0.342. The fraction of sp³-hybridized carbons (Fsp3) is 0.722. The summed E-state index contributed by atoms with van der Waals surface area (Å²) >= 11 is 1.69. The fourth-order valence-electron chi connectivity index (χ4n) is 3.89.